The van der Waals surface area contributed by atoms with E-state index < -0.39 is 6.17 Å². The maximum Gasteiger partial charge on any atom is 0.225 e. The Kier molecular flexibility index (Phi) is 4.89. The first-order chi connectivity index (χ1) is 16.2. The van der Waals surface area contributed by atoms with Crippen LogP contribution in [-0.4, -0.2) is 47.2 Å². The molecule has 1 aliphatic carbocycles. The van der Waals surface area contributed by atoms with E-state index >= 15 is 0 Å². The van der Waals surface area contributed by atoms with E-state index in [0.717, 1.165) is 73.2 Å². The lowest BCUT2D eigenvalue weighted by Crippen LogP contribution is -2.42. The van der Waals surface area contributed by atoms with Gasteiger partial charge in [-0.15, -0.1) is 0 Å². The number of likely N-dealkylation sites (tertiary alicyclic amines) is 1. The Morgan fingerprint density at radius 3 is 2.67 bits per heavy atom. The number of aromatic amines is 1. The van der Waals surface area contributed by atoms with Crippen molar-refractivity contribution in [2.75, 3.05) is 18.0 Å². The van der Waals surface area contributed by atoms with Crippen LogP contribution in [0.1, 0.15) is 25.7 Å². The van der Waals surface area contributed by atoms with Crippen LogP contribution in [0.15, 0.2) is 59.8 Å². The maximum absolute atomic E-state index is 12.4. The van der Waals surface area contributed by atoms with Crippen molar-refractivity contribution < 1.29 is 9.59 Å². The van der Waals surface area contributed by atoms with Crippen LogP contribution in [0.3, 0.4) is 0 Å². The van der Waals surface area contributed by atoms with E-state index in [4.69, 9.17) is 0 Å². The number of carbonyl (C=O) groups is 2. The Balaban J connectivity index is 1.19. The second-order valence-corrected chi connectivity index (χ2v) is 9.35. The van der Waals surface area contributed by atoms with E-state index in [1.165, 1.54) is 5.39 Å². The summed E-state index contributed by atoms with van der Waals surface area (Å²) in [6, 6.07) is 16.7. The van der Waals surface area contributed by atoms with E-state index in [2.05, 4.69) is 51.9 Å². The lowest BCUT2D eigenvalue weighted by Gasteiger charge is -2.25. The summed E-state index contributed by atoms with van der Waals surface area (Å²) < 4.78 is 0. The van der Waals surface area contributed by atoms with Gasteiger partial charge in [-0.1, -0.05) is 24.3 Å². The third kappa shape index (κ3) is 3.77. The molecule has 1 unspecified atom stereocenters. The van der Waals surface area contributed by atoms with E-state index in [1.54, 1.807) is 0 Å². The summed E-state index contributed by atoms with van der Waals surface area (Å²) in [5.41, 5.74) is 7.27. The molecule has 1 saturated carbocycles. The normalized spacial score (nSPS) is 22.5. The van der Waals surface area contributed by atoms with Gasteiger partial charge in [-0.3, -0.25) is 19.9 Å². The monoisotopic (exact) mass is 441 g/mol. The zero-order valence-electron chi connectivity index (χ0n) is 18.4. The molecular formula is C26H27N5O2. The molecule has 2 atom stereocenters. The first kappa shape index (κ1) is 20.0. The van der Waals surface area contributed by atoms with Crippen molar-refractivity contribution in [3.8, 4) is 11.1 Å². The third-order valence-electron chi connectivity index (χ3n) is 7.04. The summed E-state index contributed by atoms with van der Waals surface area (Å²) in [7, 11) is 0. The van der Waals surface area contributed by atoms with Gasteiger partial charge >= 0.3 is 0 Å². The lowest BCUT2D eigenvalue weighted by atomic mass is 10.0. The van der Waals surface area contributed by atoms with Crippen LogP contribution < -0.4 is 10.3 Å². The summed E-state index contributed by atoms with van der Waals surface area (Å²) in [6.45, 7) is 1.62. The maximum atomic E-state index is 12.4. The predicted octanol–water partition coefficient (Wildman–Crippen LogP) is 3.73. The number of hydrogen-bond acceptors (Lipinski definition) is 5. The number of amidine groups is 1. The molecule has 0 radical (unpaired) electrons. The zero-order valence-corrected chi connectivity index (χ0v) is 18.4. The molecule has 6 rings (SSSR count). The van der Waals surface area contributed by atoms with Gasteiger partial charge in [0, 0.05) is 42.8 Å². The minimum atomic E-state index is -0.508. The number of hydrazone groups is 1. The highest BCUT2D eigenvalue weighted by Crippen LogP contribution is 2.34. The number of hydrogen-bond donors (Lipinski definition) is 2. The molecule has 3 aromatic rings. The highest BCUT2D eigenvalue weighted by Gasteiger charge is 2.38. The first-order valence-corrected chi connectivity index (χ1v) is 11.7. The molecule has 168 valence electrons. The van der Waals surface area contributed by atoms with Crippen LogP contribution in [0.25, 0.3) is 22.0 Å². The molecule has 1 aromatic heterocycles. The Morgan fingerprint density at radius 2 is 1.88 bits per heavy atom. The number of anilines is 1. The Labute approximate surface area is 192 Å². The van der Waals surface area contributed by atoms with Crippen LogP contribution >= 0.6 is 0 Å². The van der Waals surface area contributed by atoms with Crippen LogP contribution in [0.2, 0.25) is 0 Å². The number of H-pyrrole nitrogens is 1. The summed E-state index contributed by atoms with van der Waals surface area (Å²) in [4.78, 5) is 31.4. The molecule has 1 saturated heterocycles. The minimum absolute atomic E-state index is 0.265. The number of nitrogens with zero attached hydrogens (tertiary/aromatic N) is 3. The van der Waals surface area contributed by atoms with Gasteiger partial charge in [0.1, 0.15) is 5.84 Å². The highest BCUT2D eigenvalue weighted by atomic mass is 16.2. The first-order valence-electron chi connectivity index (χ1n) is 11.7. The second kappa shape index (κ2) is 8.06. The van der Waals surface area contributed by atoms with Gasteiger partial charge < -0.3 is 9.88 Å². The van der Waals surface area contributed by atoms with E-state index in [9.17, 15) is 9.59 Å². The fraction of sp³-hybridized carbons (Fsp3) is 0.346. The fourth-order valence-electron chi connectivity index (χ4n) is 5.05. The molecule has 3 heterocycles. The highest BCUT2D eigenvalue weighted by molar-refractivity contribution is 6.03. The van der Waals surface area contributed by atoms with Crippen molar-refractivity contribution >= 4 is 34.6 Å². The molecule has 2 N–H and O–H groups in total. The van der Waals surface area contributed by atoms with Crippen molar-refractivity contribution in [1.82, 2.24) is 15.3 Å². The average Bonchev–Trinajstić information content (AvgIpc) is 3.22. The molecule has 1 amide bonds. The Morgan fingerprint density at radius 1 is 1.06 bits per heavy atom. The van der Waals surface area contributed by atoms with Gasteiger partial charge in [0.05, 0.1) is 0 Å². The van der Waals surface area contributed by atoms with Gasteiger partial charge in [0.25, 0.3) is 0 Å². The van der Waals surface area contributed by atoms with E-state index in [0.29, 0.717) is 11.8 Å². The van der Waals surface area contributed by atoms with Crippen molar-refractivity contribution in [1.29, 1.82) is 0 Å². The molecule has 2 fully saturated rings. The number of carbonyl (C=O) groups excluding carboxylic acids is 2. The van der Waals surface area contributed by atoms with Gasteiger partial charge in [0.15, 0.2) is 12.5 Å². The zero-order chi connectivity index (χ0) is 22.4. The standard InChI is InChI=1S/C26H27N5O2/c32-16-25-29-28-24(13-17-10-12-30(15-17)26(33)20-2-3-20)31(25)22-7-5-18(6-8-22)21-4-1-19-9-11-27-23(19)14-21/h1,4-9,11,14,16-17,20,25,27,29H,2-3,10,12-13,15H2/t17-,25?/m0/s1. The van der Waals surface area contributed by atoms with Gasteiger partial charge in [-0.2, -0.15) is 5.10 Å². The van der Waals surface area contributed by atoms with Crippen molar-refractivity contribution in [2.24, 2.45) is 16.9 Å². The molecule has 2 aromatic carbocycles. The number of benzene rings is 2. The SMILES string of the molecule is O=CC1NN=C(C[C@@H]2CCN(C(=O)C3CC3)C2)N1c1ccc(-c2ccc3cc[nH]c3c2)cc1. The Hall–Kier alpha value is -3.61. The van der Waals surface area contributed by atoms with Crippen LogP contribution in [0.5, 0.6) is 0 Å². The van der Waals surface area contributed by atoms with Gasteiger partial charge in [-0.25, -0.2) is 0 Å². The molecule has 2 aliphatic heterocycles. The number of aldehydes is 1. The summed E-state index contributed by atoms with van der Waals surface area (Å²) in [5.74, 6) is 1.81. The lowest BCUT2D eigenvalue weighted by molar-refractivity contribution is -0.131. The number of nitrogens with one attached hydrogen (secondary N) is 2. The molecule has 0 spiro atoms. The average molecular weight is 442 g/mol. The van der Waals surface area contributed by atoms with Crippen molar-refractivity contribution in [3.05, 3.63) is 54.7 Å². The topological polar surface area (TPSA) is 80.8 Å². The number of aromatic nitrogens is 1. The quantitative estimate of drug-likeness (QED) is 0.571. The van der Waals surface area contributed by atoms with Crippen LogP contribution in [-0.2, 0) is 9.59 Å². The molecule has 7 heteroatoms. The second-order valence-electron chi connectivity index (χ2n) is 9.35. The fourth-order valence-corrected chi connectivity index (χ4v) is 5.05. The number of amides is 1. The van der Waals surface area contributed by atoms with Crippen molar-refractivity contribution in [2.45, 2.75) is 31.8 Å². The summed E-state index contributed by atoms with van der Waals surface area (Å²) in [6.07, 6.45) is 6.14. The molecule has 3 aliphatic rings. The van der Waals surface area contributed by atoms with Crippen LogP contribution in [0, 0.1) is 11.8 Å². The number of rotatable bonds is 6. The summed E-state index contributed by atoms with van der Waals surface area (Å²) in [5, 5.41) is 5.68. The van der Waals surface area contributed by atoms with E-state index in [-0.39, 0.29) is 5.92 Å². The molecule has 33 heavy (non-hydrogen) atoms. The predicted molar refractivity (Wildman–Crippen MR) is 129 cm³/mol. The van der Waals surface area contributed by atoms with Gasteiger partial charge in [0.2, 0.25) is 5.91 Å². The molecular weight excluding hydrogens is 414 g/mol. The van der Waals surface area contributed by atoms with Gasteiger partial charge in [-0.05, 0) is 66.0 Å². The third-order valence-corrected chi connectivity index (χ3v) is 7.04. The minimum Gasteiger partial charge on any atom is -0.361 e. The smallest absolute Gasteiger partial charge is 0.225 e. The largest absolute Gasteiger partial charge is 0.361 e. The number of fused-ring (bicyclic) bond motifs is 1. The molecule has 0 bridgehead atoms. The Bertz CT molecular complexity index is 1230. The van der Waals surface area contributed by atoms with Crippen LogP contribution in [0.4, 0.5) is 5.69 Å². The van der Waals surface area contributed by atoms with Crippen molar-refractivity contribution in [3.63, 3.8) is 0 Å². The van der Waals surface area contributed by atoms with E-state index in [1.807, 2.05) is 28.1 Å². The molecule has 7 nitrogen and oxygen atoms in total. The summed E-state index contributed by atoms with van der Waals surface area (Å²) >= 11 is 0.